The van der Waals surface area contributed by atoms with E-state index in [1.165, 1.54) is 11.8 Å². The van der Waals surface area contributed by atoms with Gasteiger partial charge in [-0.25, -0.2) is 15.0 Å². The Labute approximate surface area is 189 Å². The Morgan fingerprint density at radius 1 is 1.29 bits per heavy atom. The van der Waals surface area contributed by atoms with Crippen LogP contribution in [-0.2, 0) is 6.42 Å². The second-order valence-electron chi connectivity index (χ2n) is 7.92. The minimum atomic E-state index is 0.126. The van der Waals surface area contributed by atoms with Crippen molar-refractivity contribution in [3.05, 3.63) is 28.5 Å². The first-order chi connectivity index (χ1) is 15.1. The minimum absolute atomic E-state index is 0.126. The van der Waals surface area contributed by atoms with Gasteiger partial charge in [0.2, 0.25) is 0 Å². The normalized spacial score (nSPS) is 18.5. The number of pyridine rings is 1. The maximum Gasteiger partial charge on any atom is 0.196 e. The first kappa shape index (κ1) is 20.4. The summed E-state index contributed by atoms with van der Waals surface area (Å²) >= 11 is 8.07. The van der Waals surface area contributed by atoms with Crippen LogP contribution in [0.15, 0.2) is 22.3 Å². The molecule has 0 aliphatic carbocycles. The molecule has 3 aromatic heterocycles. The van der Waals surface area contributed by atoms with Crippen LogP contribution in [0.4, 0.5) is 11.6 Å². The number of nitrogens with two attached hydrogens (primary N) is 1. The maximum atomic E-state index is 9.60. The van der Waals surface area contributed by atoms with Crippen LogP contribution in [0.25, 0.3) is 11.0 Å². The van der Waals surface area contributed by atoms with Gasteiger partial charge in [-0.2, -0.15) is 5.26 Å². The molecule has 8 nitrogen and oxygen atoms in total. The fourth-order valence-electron chi connectivity index (χ4n) is 4.03. The monoisotopic (exact) mass is 454 g/mol. The van der Waals surface area contributed by atoms with Crippen LogP contribution in [-0.4, -0.2) is 52.2 Å². The van der Waals surface area contributed by atoms with Crippen LogP contribution < -0.4 is 15.5 Å². The minimum Gasteiger partial charge on any atom is -0.355 e. The number of aromatic amines is 1. The molecule has 160 valence electrons. The highest BCUT2D eigenvalue weighted by Crippen LogP contribution is 2.38. The van der Waals surface area contributed by atoms with E-state index in [1.54, 1.807) is 6.20 Å². The summed E-state index contributed by atoms with van der Waals surface area (Å²) in [5.74, 6) is 1.57. The second kappa shape index (κ2) is 8.19. The molecule has 3 N–H and O–H groups in total. The number of hydrogen-bond acceptors (Lipinski definition) is 8. The van der Waals surface area contributed by atoms with Crippen molar-refractivity contribution in [2.75, 3.05) is 36.0 Å². The third-order valence-electron chi connectivity index (χ3n) is 5.83. The fourth-order valence-corrected chi connectivity index (χ4v) is 5.15. The standard InChI is InChI=1S/C21H23ClN8S/c1-2-15-17(22)16-18(26-15)27-21(28-20(16)30-7-4-13(24)11-30)31-14-8-12(9-23)19(25-10-14)29-5-3-6-29/h8,10,13H,2-7,11,24H2,1H3,(H,26,27,28). The van der Waals surface area contributed by atoms with Crippen LogP contribution in [0.2, 0.25) is 5.02 Å². The van der Waals surface area contributed by atoms with E-state index in [4.69, 9.17) is 27.3 Å². The molecule has 2 saturated heterocycles. The van der Waals surface area contributed by atoms with Crippen LogP contribution in [0.1, 0.15) is 31.0 Å². The summed E-state index contributed by atoms with van der Waals surface area (Å²) in [7, 11) is 0. The van der Waals surface area contributed by atoms with E-state index in [2.05, 4.69) is 32.8 Å². The molecule has 0 spiro atoms. The molecule has 3 aromatic rings. The summed E-state index contributed by atoms with van der Waals surface area (Å²) in [6, 6.07) is 4.27. The average molecular weight is 455 g/mol. The van der Waals surface area contributed by atoms with Gasteiger partial charge in [-0.15, -0.1) is 0 Å². The summed E-state index contributed by atoms with van der Waals surface area (Å²) < 4.78 is 0. The zero-order chi connectivity index (χ0) is 21.5. The summed E-state index contributed by atoms with van der Waals surface area (Å²) in [5, 5.41) is 11.7. The van der Waals surface area contributed by atoms with Crippen LogP contribution in [0, 0.1) is 11.3 Å². The molecular formula is C21H23ClN8S. The van der Waals surface area contributed by atoms with Crippen molar-refractivity contribution in [1.29, 1.82) is 5.26 Å². The molecule has 2 aliphatic heterocycles. The number of rotatable bonds is 5. The number of halogens is 1. The van der Waals surface area contributed by atoms with Gasteiger partial charge in [-0.1, -0.05) is 18.5 Å². The Morgan fingerprint density at radius 2 is 2.13 bits per heavy atom. The van der Waals surface area contributed by atoms with Gasteiger partial charge in [0.1, 0.15) is 23.4 Å². The highest BCUT2D eigenvalue weighted by atomic mass is 35.5. The molecule has 0 radical (unpaired) electrons. The number of nitrogens with zero attached hydrogens (tertiary/aromatic N) is 6. The van der Waals surface area contributed by atoms with Crippen molar-refractivity contribution in [1.82, 2.24) is 19.9 Å². The van der Waals surface area contributed by atoms with Crippen LogP contribution in [0.5, 0.6) is 0 Å². The number of nitrogens with one attached hydrogen (secondary N) is 1. The number of aryl methyl sites for hydroxylation is 1. The van der Waals surface area contributed by atoms with Gasteiger partial charge in [0.15, 0.2) is 5.16 Å². The van der Waals surface area contributed by atoms with Crippen molar-refractivity contribution in [3.63, 3.8) is 0 Å². The Kier molecular flexibility index (Phi) is 5.38. The lowest BCUT2D eigenvalue weighted by atomic mass is 10.2. The van der Waals surface area contributed by atoms with Gasteiger partial charge in [-0.05, 0) is 37.1 Å². The van der Waals surface area contributed by atoms with Crippen LogP contribution in [0.3, 0.4) is 0 Å². The van der Waals surface area contributed by atoms with E-state index in [0.29, 0.717) is 15.7 Å². The molecule has 5 rings (SSSR count). The van der Waals surface area contributed by atoms with Crippen molar-refractivity contribution in [3.8, 4) is 6.07 Å². The number of anilines is 2. The topological polar surface area (TPSA) is 111 Å². The van der Waals surface area contributed by atoms with E-state index in [1.807, 2.05) is 6.07 Å². The number of fused-ring (bicyclic) bond motifs is 1. The van der Waals surface area contributed by atoms with E-state index in [-0.39, 0.29) is 6.04 Å². The van der Waals surface area contributed by atoms with Gasteiger partial charge in [0, 0.05) is 49.0 Å². The molecule has 31 heavy (non-hydrogen) atoms. The van der Waals surface area contributed by atoms with Gasteiger partial charge < -0.3 is 20.5 Å². The van der Waals surface area contributed by atoms with Crippen molar-refractivity contribution in [2.24, 2.45) is 5.73 Å². The molecule has 2 aliphatic rings. The van der Waals surface area contributed by atoms with Crippen molar-refractivity contribution in [2.45, 2.75) is 42.3 Å². The first-order valence-electron chi connectivity index (χ1n) is 10.5. The summed E-state index contributed by atoms with van der Waals surface area (Å²) in [6.07, 6.45) is 4.63. The SMILES string of the molecule is CCc1[nH]c2nc(Sc3cnc(N4CCC4)c(C#N)c3)nc(N3CCC(N)C3)c2c1Cl. The Balaban J connectivity index is 1.53. The molecule has 0 amide bonds. The number of nitriles is 1. The maximum absolute atomic E-state index is 9.60. The lowest BCUT2D eigenvalue weighted by Gasteiger charge is -2.32. The lowest BCUT2D eigenvalue weighted by Crippen LogP contribution is -2.38. The molecular weight excluding hydrogens is 432 g/mol. The van der Waals surface area contributed by atoms with Crippen molar-refractivity contribution < 1.29 is 0 Å². The third kappa shape index (κ3) is 3.69. The zero-order valence-corrected chi connectivity index (χ0v) is 18.8. The predicted octanol–water partition coefficient (Wildman–Crippen LogP) is 3.34. The second-order valence-corrected chi connectivity index (χ2v) is 9.33. The number of aromatic nitrogens is 4. The van der Waals surface area contributed by atoms with E-state index >= 15 is 0 Å². The molecule has 1 unspecified atom stereocenters. The number of H-pyrrole nitrogens is 1. The summed E-state index contributed by atoms with van der Waals surface area (Å²) in [5.41, 5.74) is 8.40. The first-order valence-corrected chi connectivity index (χ1v) is 11.7. The van der Waals surface area contributed by atoms with Gasteiger partial charge in [0.05, 0.1) is 16.0 Å². The quantitative estimate of drug-likeness (QED) is 0.564. The summed E-state index contributed by atoms with van der Waals surface area (Å²) in [6.45, 7) is 5.53. The molecule has 2 fully saturated rings. The van der Waals surface area contributed by atoms with E-state index < -0.39 is 0 Å². The predicted molar refractivity (Wildman–Crippen MR) is 123 cm³/mol. The highest BCUT2D eigenvalue weighted by Gasteiger charge is 2.26. The van der Waals surface area contributed by atoms with Gasteiger partial charge in [0.25, 0.3) is 0 Å². The van der Waals surface area contributed by atoms with E-state index in [9.17, 15) is 5.26 Å². The number of hydrogen-bond donors (Lipinski definition) is 2. The van der Waals surface area contributed by atoms with Crippen LogP contribution >= 0.6 is 23.4 Å². The molecule has 0 aromatic carbocycles. The fraction of sp³-hybridized carbons (Fsp3) is 0.429. The Bertz CT molecular complexity index is 1180. The molecule has 5 heterocycles. The highest BCUT2D eigenvalue weighted by molar-refractivity contribution is 7.99. The molecule has 0 bridgehead atoms. The van der Waals surface area contributed by atoms with E-state index in [0.717, 1.165) is 78.7 Å². The molecule has 1 atom stereocenters. The molecule has 0 saturated carbocycles. The Hall–Kier alpha value is -2.54. The lowest BCUT2D eigenvalue weighted by molar-refractivity contribution is 0.608. The molecule has 10 heteroatoms. The largest absolute Gasteiger partial charge is 0.355 e. The average Bonchev–Trinajstić information content (AvgIpc) is 3.30. The Morgan fingerprint density at radius 3 is 2.77 bits per heavy atom. The summed E-state index contributed by atoms with van der Waals surface area (Å²) in [4.78, 5) is 22.6. The van der Waals surface area contributed by atoms with Crippen molar-refractivity contribution >= 4 is 46.0 Å². The van der Waals surface area contributed by atoms with Gasteiger partial charge in [-0.3, -0.25) is 0 Å². The van der Waals surface area contributed by atoms with Gasteiger partial charge >= 0.3 is 0 Å². The zero-order valence-electron chi connectivity index (χ0n) is 17.2. The smallest absolute Gasteiger partial charge is 0.196 e. The third-order valence-corrected chi connectivity index (χ3v) is 7.07.